The molecule has 1 aromatic heterocycles. The molecule has 0 atom stereocenters. The van der Waals surface area contributed by atoms with E-state index in [-0.39, 0.29) is 23.8 Å². The number of benzene rings is 2. The summed E-state index contributed by atoms with van der Waals surface area (Å²) in [6.07, 6.45) is 0. The normalized spacial score (nSPS) is 11.7. The van der Waals surface area contributed by atoms with Crippen LogP contribution in [0.4, 0.5) is 11.6 Å². The lowest BCUT2D eigenvalue weighted by Crippen LogP contribution is -2.38. The van der Waals surface area contributed by atoms with Gasteiger partial charge in [0.05, 0.1) is 7.11 Å². The summed E-state index contributed by atoms with van der Waals surface area (Å²) >= 11 is 0. The second kappa shape index (κ2) is 9.97. The molecule has 0 aliphatic carbocycles. The highest BCUT2D eigenvalue weighted by Gasteiger charge is 2.09. The quantitative estimate of drug-likeness (QED) is 0.442. The van der Waals surface area contributed by atoms with Crippen LogP contribution in [0, 0.1) is 13.8 Å². The lowest BCUT2D eigenvalue weighted by molar-refractivity contribution is 0.0976. The van der Waals surface area contributed by atoms with Gasteiger partial charge >= 0.3 is 0 Å². The zero-order valence-corrected chi connectivity index (χ0v) is 17.5. The molecule has 31 heavy (non-hydrogen) atoms. The van der Waals surface area contributed by atoms with Gasteiger partial charge in [-0.25, -0.2) is 9.97 Å². The van der Waals surface area contributed by atoms with Crippen LogP contribution in [0.1, 0.15) is 21.7 Å². The van der Waals surface area contributed by atoms with Crippen molar-refractivity contribution in [1.82, 2.24) is 15.3 Å². The van der Waals surface area contributed by atoms with Crippen LogP contribution in [-0.4, -0.2) is 34.9 Å². The molecule has 9 heteroatoms. The fraction of sp³-hybridized carbons (Fsp3) is 0.136. The third-order valence-electron chi connectivity index (χ3n) is 4.03. The van der Waals surface area contributed by atoms with Crippen LogP contribution in [0.25, 0.3) is 0 Å². The maximum atomic E-state index is 12.3. The summed E-state index contributed by atoms with van der Waals surface area (Å²) in [6, 6.07) is 17.7. The van der Waals surface area contributed by atoms with E-state index in [1.807, 2.05) is 26.0 Å². The van der Waals surface area contributed by atoms with E-state index >= 15 is 0 Å². The summed E-state index contributed by atoms with van der Waals surface area (Å²) in [5, 5.41) is 5.60. The number of aromatic nitrogens is 2. The lowest BCUT2D eigenvalue weighted by atomic mass is 10.2. The number of nitrogens with zero attached hydrogens (tertiary/aromatic N) is 4. The Kier molecular flexibility index (Phi) is 6.89. The Morgan fingerprint density at radius 2 is 1.65 bits per heavy atom. The Balaban J connectivity index is 1.89. The van der Waals surface area contributed by atoms with E-state index in [1.165, 1.54) is 0 Å². The summed E-state index contributed by atoms with van der Waals surface area (Å²) in [5.41, 5.74) is 8.65. The van der Waals surface area contributed by atoms with Crippen LogP contribution in [0.3, 0.4) is 0 Å². The first-order chi connectivity index (χ1) is 14.9. The number of nitrogens with one attached hydrogen (secondary N) is 2. The average molecular weight is 417 g/mol. The molecule has 1 amide bonds. The number of carbonyl (C=O) groups excluding carboxylic acids is 1. The number of aliphatic imine (C=N–C) groups is 2. The minimum atomic E-state index is -0.381. The van der Waals surface area contributed by atoms with Crippen LogP contribution in [0.5, 0.6) is 5.75 Å². The summed E-state index contributed by atoms with van der Waals surface area (Å²) in [6.45, 7) is 3.70. The molecule has 0 bridgehead atoms. The van der Waals surface area contributed by atoms with Crippen molar-refractivity contribution in [1.29, 1.82) is 0 Å². The Hall–Kier alpha value is -4.27. The van der Waals surface area contributed by atoms with E-state index in [0.717, 1.165) is 11.4 Å². The minimum absolute atomic E-state index is 0.112. The molecule has 0 saturated carbocycles. The second-order valence-corrected chi connectivity index (χ2v) is 6.56. The van der Waals surface area contributed by atoms with Gasteiger partial charge in [-0.1, -0.05) is 18.2 Å². The van der Waals surface area contributed by atoms with E-state index < -0.39 is 0 Å². The summed E-state index contributed by atoms with van der Waals surface area (Å²) in [4.78, 5) is 29.5. The third-order valence-corrected chi connectivity index (χ3v) is 4.03. The number of ether oxygens (including phenoxy) is 1. The molecule has 0 fully saturated rings. The van der Waals surface area contributed by atoms with Crippen molar-refractivity contribution >= 4 is 29.5 Å². The predicted octanol–water partition coefficient (Wildman–Crippen LogP) is 2.95. The zero-order chi connectivity index (χ0) is 22.2. The minimum Gasteiger partial charge on any atom is -0.497 e. The molecule has 9 nitrogen and oxygen atoms in total. The molecule has 0 saturated heterocycles. The van der Waals surface area contributed by atoms with Crippen LogP contribution in [0.2, 0.25) is 0 Å². The van der Waals surface area contributed by atoms with Gasteiger partial charge in [-0.05, 0) is 56.3 Å². The fourth-order valence-electron chi connectivity index (χ4n) is 2.66. The second-order valence-electron chi connectivity index (χ2n) is 6.56. The smallest absolute Gasteiger partial charge is 0.257 e. The molecule has 3 rings (SSSR count). The van der Waals surface area contributed by atoms with Gasteiger partial charge in [0.1, 0.15) is 5.75 Å². The van der Waals surface area contributed by atoms with Crippen molar-refractivity contribution in [2.75, 3.05) is 12.4 Å². The van der Waals surface area contributed by atoms with E-state index in [1.54, 1.807) is 55.6 Å². The highest BCUT2D eigenvalue weighted by atomic mass is 16.5. The molecule has 4 N–H and O–H groups in total. The molecule has 0 radical (unpaired) electrons. The molecule has 1 heterocycles. The van der Waals surface area contributed by atoms with Crippen molar-refractivity contribution in [3.05, 3.63) is 77.6 Å². The first-order valence-electron chi connectivity index (χ1n) is 9.45. The number of nitrogens with two attached hydrogens (primary N) is 1. The van der Waals surface area contributed by atoms with Gasteiger partial charge in [0.2, 0.25) is 11.9 Å². The number of methoxy groups -OCH3 is 1. The molecule has 0 unspecified atom stereocenters. The molecule has 3 aromatic rings. The maximum absolute atomic E-state index is 12.3. The topological polar surface area (TPSA) is 127 Å². The number of amides is 1. The maximum Gasteiger partial charge on any atom is 0.257 e. The van der Waals surface area contributed by atoms with Gasteiger partial charge in [0, 0.05) is 22.6 Å². The molecule has 0 spiro atoms. The van der Waals surface area contributed by atoms with Crippen LogP contribution in [0.15, 0.2) is 70.6 Å². The van der Waals surface area contributed by atoms with Crippen LogP contribution >= 0.6 is 0 Å². The Labute approximate surface area is 180 Å². The zero-order valence-electron chi connectivity index (χ0n) is 17.5. The van der Waals surface area contributed by atoms with Crippen molar-refractivity contribution in [3.8, 4) is 5.75 Å². The van der Waals surface area contributed by atoms with Gasteiger partial charge < -0.3 is 15.8 Å². The number of hydrogen-bond acceptors (Lipinski definition) is 5. The Morgan fingerprint density at radius 1 is 1.00 bits per heavy atom. The van der Waals surface area contributed by atoms with Gasteiger partial charge in [0.25, 0.3) is 11.9 Å². The van der Waals surface area contributed by atoms with Crippen molar-refractivity contribution < 1.29 is 9.53 Å². The van der Waals surface area contributed by atoms with Crippen molar-refractivity contribution in [3.63, 3.8) is 0 Å². The van der Waals surface area contributed by atoms with Crippen LogP contribution in [-0.2, 0) is 0 Å². The van der Waals surface area contributed by atoms with E-state index in [0.29, 0.717) is 17.0 Å². The number of hydrogen-bond donors (Lipinski definition) is 3. The van der Waals surface area contributed by atoms with Gasteiger partial charge in [-0.15, -0.1) is 0 Å². The van der Waals surface area contributed by atoms with Gasteiger partial charge in [-0.3, -0.25) is 10.1 Å². The monoisotopic (exact) mass is 417 g/mol. The van der Waals surface area contributed by atoms with E-state index in [2.05, 4.69) is 30.6 Å². The van der Waals surface area contributed by atoms with Gasteiger partial charge in [-0.2, -0.15) is 9.98 Å². The molecular formula is C22H23N7O2. The van der Waals surface area contributed by atoms with E-state index in [4.69, 9.17) is 10.5 Å². The number of anilines is 1. The standard InChI is InChI=1S/C22H23N7O2/c1-14-13-15(2)25-21(24-14)29-22(26-17-9-11-18(31-3)12-10-17)28-20(23)27-19(30)16-7-5-4-6-8-16/h4-13H,1-3H3,(H4,23,24,25,26,27,28,29,30). The summed E-state index contributed by atoms with van der Waals surface area (Å²) in [7, 11) is 1.59. The number of guanidine groups is 2. The number of rotatable bonds is 4. The largest absolute Gasteiger partial charge is 0.497 e. The number of carbonyl (C=O) groups is 1. The Bertz CT molecular complexity index is 1090. The molecule has 0 aliphatic heterocycles. The van der Waals surface area contributed by atoms with Crippen molar-refractivity contribution in [2.45, 2.75) is 13.8 Å². The molecular weight excluding hydrogens is 394 g/mol. The molecule has 0 aliphatic rings. The summed E-state index contributed by atoms with van der Waals surface area (Å²) in [5.74, 6) is 0.534. The van der Waals surface area contributed by atoms with Gasteiger partial charge in [0.15, 0.2) is 0 Å². The van der Waals surface area contributed by atoms with E-state index in [9.17, 15) is 4.79 Å². The van der Waals surface area contributed by atoms with Crippen molar-refractivity contribution in [2.24, 2.45) is 15.7 Å². The summed E-state index contributed by atoms with van der Waals surface area (Å²) < 4.78 is 5.17. The fourth-order valence-corrected chi connectivity index (χ4v) is 2.66. The first-order valence-corrected chi connectivity index (χ1v) is 9.45. The predicted molar refractivity (Wildman–Crippen MR) is 121 cm³/mol. The van der Waals surface area contributed by atoms with Crippen LogP contribution < -0.4 is 21.1 Å². The average Bonchev–Trinajstić information content (AvgIpc) is 2.74. The highest BCUT2D eigenvalue weighted by Crippen LogP contribution is 2.16. The highest BCUT2D eigenvalue weighted by molar-refractivity contribution is 6.10. The SMILES string of the molecule is COc1ccc(NC(=Nc2nc(C)cc(C)n2)/N=C(\N)NC(=O)c2ccccc2)cc1. The Morgan fingerprint density at radius 3 is 2.26 bits per heavy atom. The third kappa shape index (κ3) is 6.36. The molecule has 158 valence electrons. The molecule has 2 aromatic carbocycles. The number of aryl methyl sites for hydroxylation is 2. The lowest BCUT2D eigenvalue weighted by Gasteiger charge is -2.09. The first kappa shape index (κ1) is 21.4.